The van der Waals surface area contributed by atoms with Crippen LogP contribution in [-0.2, 0) is 0 Å². The van der Waals surface area contributed by atoms with Gasteiger partial charge in [0.25, 0.3) is 0 Å². The first-order valence-electron chi connectivity index (χ1n) is 23.9. The highest BCUT2D eigenvalue weighted by atomic mass is 16.5. The Morgan fingerprint density at radius 3 is 0.681 bits per heavy atom. The molecule has 346 valence electrons. The normalized spacial score (nSPS) is 11.6. The highest BCUT2D eigenvalue weighted by Crippen LogP contribution is 2.52. The molecule has 72 heavy (non-hydrogen) atoms. The van der Waals surface area contributed by atoms with Gasteiger partial charge in [-0.15, -0.1) is 0 Å². The van der Waals surface area contributed by atoms with Gasteiger partial charge in [0, 0.05) is 66.1 Å². The van der Waals surface area contributed by atoms with E-state index in [2.05, 4.69) is 156 Å². The van der Waals surface area contributed by atoms with Crippen LogP contribution in [0.5, 0.6) is 23.0 Å². The molecule has 2 aromatic heterocycles. The van der Waals surface area contributed by atoms with Gasteiger partial charge in [-0.25, -0.2) is 9.97 Å². The number of hydrogen-bond donors (Lipinski definition) is 2. The standard InChI is InChI=1S/C64H46N4O4/c1-69-41-29-21-37(22-30-41)53-57-45-13-5-7-15-47(45)59(65-57)54(38-23-31-42(70-2)32-24-38)61-49-17-9-11-19-51(49)63(67-61)56(40-27-35-44(72-4)36-28-40)64-52-20-12-10-18-50(52)62(68-64)55(39-25-33-43(71-3)34-26-39)60-48-16-8-6-14-46(48)58(53)66-60/h5-36,65,68H,1-4H3. The van der Waals surface area contributed by atoms with E-state index < -0.39 is 0 Å². The zero-order valence-corrected chi connectivity index (χ0v) is 40.0. The Balaban J connectivity index is 1.35. The first kappa shape index (κ1) is 42.7. The van der Waals surface area contributed by atoms with Gasteiger partial charge in [-0.2, -0.15) is 0 Å². The second-order valence-corrected chi connectivity index (χ2v) is 18.0. The minimum atomic E-state index is 0.765. The summed E-state index contributed by atoms with van der Waals surface area (Å²) in [5, 5.41) is 4.18. The van der Waals surface area contributed by atoms with Crippen LogP contribution >= 0.6 is 0 Å². The van der Waals surface area contributed by atoms with Gasteiger partial charge in [-0.1, -0.05) is 146 Å². The van der Waals surface area contributed by atoms with Crippen LogP contribution in [0, 0.1) is 0 Å². The Hall–Kier alpha value is -9.40. The van der Waals surface area contributed by atoms with E-state index in [-0.39, 0.29) is 0 Å². The lowest BCUT2D eigenvalue weighted by atomic mass is 9.93. The zero-order chi connectivity index (χ0) is 48.5. The summed E-state index contributed by atoms with van der Waals surface area (Å²) in [4.78, 5) is 20.1. The van der Waals surface area contributed by atoms with Crippen LogP contribution in [-0.4, -0.2) is 48.4 Å². The fourth-order valence-corrected chi connectivity index (χ4v) is 10.8. The summed E-state index contributed by atoms with van der Waals surface area (Å²) in [6, 6.07) is 67.7. The third-order valence-electron chi connectivity index (χ3n) is 14.2. The first-order valence-corrected chi connectivity index (χ1v) is 23.9. The van der Waals surface area contributed by atoms with Crippen LogP contribution in [0.1, 0.15) is 0 Å². The third-order valence-corrected chi connectivity index (χ3v) is 14.2. The van der Waals surface area contributed by atoms with E-state index in [0.717, 1.165) is 156 Å². The average Bonchev–Trinajstić information content (AvgIpc) is 4.22. The van der Waals surface area contributed by atoms with Crippen LogP contribution < -0.4 is 18.9 Å². The SMILES string of the molecule is COc1ccc(-c2c3nc(c(-c4ccc(OC)cc4)c4[nH]c(c(-c5ccc(OC)cc5)c5nc(c(-c6ccc(OC)cc6)c6[nH]c2c2ccccc62)-c2ccccc2-5)c2ccccc42)-c2ccccc2-3)cc1. The monoisotopic (exact) mass is 934 g/mol. The second kappa shape index (κ2) is 17.2. The minimum Gasteiger partial charge on any atom is -0.497 e. The van der Waals surface area contributed by atoms with Crippen LogP contribution in [0.3, 0.4) is 0 Å². The van der Waals surface area contributed by atoms with Gasteiger partial charge in [0.05, 0.1) is 73.3 Å². The number of aromatic nitrogens is 4. The molecule has 0 spiro atoms. The number of H-pyrrole nitrogens is 2. The lowest BCUT2D eigenvalue weighted by Crippen LogP contribution is -1.89. The molecule has 2 N–H and O–H groups in total. The lowest BCUT2D eigenvalue weighted by Gasteiger charge is -2.10. The number of methoxy groups -OCH3 is 4. The summed E-state index contributed by atoms with van der Waals surface area (Å²) >= 11 is 0. The molecule has 0 atom stereocenters. The topological polar surface area (TPSA) is 94.3 Å². The van der Waals surface area contributed by atoms with Crippen molar-refractivity contribution in [3.8, 4) is 113 Å². The largest absolute Gasteiger partial charge is 0.497 e. The van der Waals surface area contributed by atoms with Gasteiger partial charge in [-0.05, 0) is 70.8 Å². The van der Waals surface area contributed by atoms with Crippen molar-refractivity contribution in [2.24, 2.45) is 0 Å². The van der Waals surface area contributed by atoms with E-state index in [1.54, 1.807) is 28.4 Å². The molecule has 4 heterocycles. The second-order valence-electron chi connectivity index (χ2n) is 18.0. The van der Waals surface area contributed by atoms with Gasteiger partial charge < -0.3 is 28.9 Å². The molecule has 3 aliphatic rings. The van der Waals surface area contributed by atoms with E-state index in [4.69, 9.17) is 28.9 Å². The summed E-state index contributed by atoms with van der Waals surface area (Å²) in [5.74, 6) is 3.06. The fourth-order valence-electron chi connectivity index (χ4n) is 10.8. The van der Waals surface area contributed by atoms with Crippen molar-refractivity contribution in [3.05, 3.63) is 194 Å². The quantitative estimate of drug-likeness (QED) is 0.158. The van der Waals surface area contributed by atoms with E-state index >= 15 is 0 Å². The van der Waals surface area contributed by atoms with Gasteiger partial charge in [0.2, 0.25) is 0 Å². The molecular formula is C64H46N4O4. The Bertz CT molecular complexity index is 3590. The van der Waals surface area contributed by atoms with Crippen molar-refractivity contribution in [2.75, 3.05) is 28.4 Å². The Morgan fingerprint density at radius 1 is 0.264 bits per heavy atom. The molecule has 10 aromatic rings. The minimum absolute atomic E-state index is 0.765. The summed E-state index contributed by atoms with van der Waals surface area (Å²) < 4.78 is 23.0. The van der Waals surface area contributed by atoms with Crippen LogP contribution in [0.25, 0.3) is 133 Å². The Kier molecular flexibility index (Phi) is 10.2. The van der Waals surface area contributed by atoms with Crippen molar-refractivity contribution < 1.29 is 18.9 Å². The maximum Gasteiger partial charge on any atom is 0.118 e. The lowest BCUT2D eigenvalue weighted by molar-refractivity contribution is 0.415. The van der Waals surface area contributed by atoms with Crippen LogP contribution in [0.2, 0.25) is 0 Å². The number of benzene rings is 8. The summed E-state index contributed by atoms with van der Waals surface area (Å²) in [5.41, 5.74) is 18.9. The molecule has 0 unspecified atom stereocenters. The molecule has 1 aliphatic carbocycles. The number of aromatic amines is 2. The predicted molar refractivity (Wildman–Crippen MR) is 293 cm³/mol. The van der Waals surface area contributed by atoms with Crippen molar-refractivity contribution in [1.82, 2.24) is 19.9 Å². The molecule has 0 amide bonds. The molecule has 0 radical (unpaired) electrons. The van der Waals surface area contributed by atoms with Gasteiger partial charge in [0.1, 0.15) is 23.0 Å². The Labute approximate surface area is 415 Å². The van der Waals surface area contributed by atoms with E-state index in [1.165, 1.54) is 0 Å². The number of hydrogen-bond acceptors (Lipinski definition) is 6. The molecule has 8 bridgehead atoms. The van der Waals surface area contributed by atoms with Crippen molar-refractivity contribution in [1.29, 1.82) is 0 Å². The maximum absolute atomic E-state index is 5.92. The highest BCUT2D eigenvalue weighted by Gasteiger charge is 2.30. The smallest absolute Gasteiger partial charge is 0.118 e. The fraction of sp³-hybridized carbons (Fsp3) is 0.0625. The van der Waals surface area contributed by atoms with Crippen LogP contribution in [0.4, 0.5) is 0 Å². The molecule has 8 nitrogen and oxygen atoms in total. The first-order chi connectivity index (χ1) is 35.5. The van der Waals surface area contributed by atoms with Crippen molar-refractivity contribution in [2.45, 2.75) is 0 Å². The molecule has 0 saturated heterocycles. The number of rotatable bonds is 8. The predicted octanol–water partition coefficient (Wildman–Crippen LogP) is 16.0. The van der Waals surface area contributed by atoms with E-state index in [0.29, 0.717) is 0 Å². The van der Waals surface area contributed by atoms with Gasteiger partial charge in [-0.3, -0.25) is 0 Å². The molecule has 0 fully saturated rings. The highest BCUT2D eigenvalue weighted by molar-refractivity contribution is 6.21. The van der Waals surface area contributed by atoms with Crippen molar-refractivity contribution in [3.63, 3.8) is 0 Å². The molecule has 8 aromatic carbocycles. The number of ether oxygens (including phenoxy) is 4. The summed E-state index contributed by atoms with van der Waals surface area (Å²) in [6.45, 7) is 0. The summed E-state index contributed by atoms with van der Waals surface area (Å²) in [6.07, 6.45) is 0. The number of nitrogens with zero attached hydrogens (tertiary/aromatic N) is 2. The van der Waals surface area contributed by atoms with Gasteiger partial charge >= 0.3 is 0 Å². The molecule has 2 aliphatic heterocycles. The molecule has 0 saturated carbocycles. The molecule has 8 heteroatoms. The van der Waals surface area contributed by atoms with Gasteiger partial charge in [0.15, 0.2) is 0 Å². The maximum atomic E-state index is 5.92. The van der Waals surface area contributed by atoms with E-state index in [9.17, 15) is 0 Å². The average molecular weight is 935 g/mol. The molecule has 13 rings (SSSR count). The zero-order valence-electron chi connectivity index (χ0n) is 40.0. The third kappa shape index (κ3) is 6.75. The van der Waals surface area contributed by atoms with Crippen LogP contribution in [0.15, 0.2) is 194 Å². The number of nitrogens with one attached hydrogen (secondary N) is 2. The van der Waals surface area contributed by atoms with Crippen molar-refractivity contribution >= 4 is 43.6 Å². The molecular weight excluding hydrogens is 889 g/mol. The Morgan fingerprint density at radius 2 is 0.472 bits per heavy atom. The summed E-state index contributed by atoms with van der Waals surface area (Å²) in [7, 11) is 6.80. The van der Waals surface area contributed by atoms with E-state index in [1.807, 2.05) is 48.5 Å².